The van der Waals surface area contributed by atoms with Crippen LogP contribution in [0.4, 0.5) is 0 Å². The van der Waals surface area contributed by atoms with Crippen molar-refractivity contribution in [1.29, 1.82) is 0 Å². The monoisotopic (exact) mass is 263 g/mol. The first-order chi connectivity index (χ1) is 8.46. The second-order valence-corrected chi connectivity index (χ2v) is 7.21. The van der Waals surface area contributed by atoms with Gasteiger partial charge in [-0.25, -0.2) is 8.42 Å². The zero-order valence-corrected chi connectivity index (χ0v) is 11.4. The van der Waals surface area contributed by atoms with Crippen molar-refractivity contribution in [3.63, 3.8) is 0 Å². The van der Waals surface area contributed by atoms with Crippen LogP contribution in [0.25, 0.3) is 0 Å². The van der Waals surface area contributed by atoms with Gasteiger partial charge in [-0.1, -0.05) is 29.8 Å². The maximum Gasteiger partial charge on any atom is 0.243 e. The number of fused-ring (bicyclic) bond motifs is 1. The molecule has 3 rings (SSSR count). The summed E-state index contributed by atoms with van der Waals surface area (Å²) >= 11 is 0. The second-order valence-electron chi connectivity index (χ2n) is 5.40. The van der Waals surface area contributed by atoms with Crippen molar-refractivity contribution < 1.29 is 8.42 Å². The van der Waals surface area contributed by atoms with Gasteiger partial charge in [0.15, 0.2) is 0 Å². The van der Waals surface area contributed by atoms with Gasteiger partial charge in [0, 0.05) is 6.04 Å². The molecule has 1 aliphatic heterocycles. The van der Waals surface area contributed by atoms with Crippen molar-refractivity contribution in [2.24, 2.45) is 0 Å². The number of benzene rings is 1. The smallest absolute Gasteiger partial charge is 0.207 e. The molecule has 96 valence electrons. The lowest BCUT2D eigenvalue weighted by Gasteiger charge is -2.11. The van der Waals surface area contributed by atoms with Gasteiger partial charge in [0.25, 0.3) is 0 Å². The molecule has 1 saturated heterocycles. The van der Waals surface area contributed by atoms with Gasteiger partial charge < -0.3 is 0 Å². The third kappa shape index (κ3) is 1.56. The zero-order chi connectivity index (χ0) is 13.0. The van der Waals surface area contributed by atoms with Gasteiger partial charge >= 0.3 is 0 Å². The molecule has 0 saturated carbocycles. The Kier molecular flexibility index (Phi) is 2.44. The Bertz CT molecular complexity index is 603. The third-order valence-electron chi connectivity index (χ3n) is 4.07. The van der Waals surface area contributed by atoms with Crippen LogP contribution in [0.2, 0.25) is 0 Å². The average Bonchev–Trinajstić information content (AvgIpc) is 2.96. The fraction of sp³-hybridized carbons (Fsp3) is 0.429. The van der Waals surface area contributed by atoms with Gasteiger partial charge in [-0.15, -0.1) is 0 Å². The molecule has 0 bridgehead atoms. The molecule has 0 radical (unpaired) electrons. The van der Waals surface area contributed by atoms with Gasteiger partial charge in [-0.2, -0.15) is 4.31 Å². The SMILES string of the molecule is Cc1ccc(S(=O)(=O)N2[C@H]3CC=CC[C@]32C)cc1. The Balaban J connectivity index is 1.96. The second kappa shape index (κ2) is 3.68. The summed E-state index contributed by atoms with van der Waals surface area (Å²) in [6.45, 7) is 3.99. The number of nitrogens with zero attached hydrogens (tertiary/aromatic N) is 1. The summed E-state index contributed by atoms with van der Waals surface area (Å²) in [5.74, 6) is 0. The number of aryl methyl sites for hydroxylation is 1. The van der Waals surface area contributed by atoms with Crippen LogP contribution in [0.3, 0.4) is 0 Å². The maximum absolute atomic E-state index is 12.6. The third-order valence-corrected chi connectivity index (χ3v) is 6.13. The van der Waals surface area contributed by atoms with Crippen LogP contribution in [0, 0.1) is 6.92 Å². The van der Waals surface area contributed by atoms with Crippen molar-refractivity contribution in [3.05, 3.63) is 42.0 Å². The molecule has 1 aromatic carbocycles. The van der Waals surface area contributed by atoms with E-state index in [0.29, 0.717) is 4.90 Å². The van der Waals surface area contributed by atoms with Crippen molar-refractivity contribution in [3.8, 4) is 0 Å². The summed E-state index contributed by atoms with van der Waals surface area (Å²) in [7, 11) is -3.33. The minimum absolute atomic E-state index is 0.147. The molecule has 18 heavy (non-hydrogen) atoms. The molecule has 0 amide bonds. The van der Waals surface area contributed by atoms with Crippen LogP contribution in [0.15, 0.2) is 41.3 Å². The molecule has 0 aromatic heterocycles. The molecular weight excluding hydrogens is 246 g/mol. The molecule has 4 heteroatoms. The van der Waals surface area contributed by atoms with Crippen LogP contribution < -0.4 is 0 Å². The van der Waals surface area contributed by atoms with Crippen LogP contribution in [-0.4, -0.2) is 24.3 Å². The fourth-order valence-electron chi connectivity index (χ4n) is 2.86. The van der Waals surface area contributed by atoms with Gasteiger partial charge in [0.1, 0.15) is 0 Å². The van der Waals surface area contributed by atoms with Gasteiger partial charge in [0.05, 0.1) is 10.4 Å². The summed E-state index contributed by atoms with van der Waals surface area (Å²) in [6.07, 6.45) is 5.82. The predicted octanol–water partition coefficient (Wildman–Crippen LogP) is 2.48. The summed E-state index contributed by atoms with van der Waals surface area (Å²) in [4.78, 5) is 0.406. The maximum atomic E-state index is 12.6. The first kappa shape index (κ1) is 11.9. The highest BCUT2D eigenvalue weighted by Gasteiger charge is 2.64. The van der Waals surface area contributed by atoms with E-state index in [9.17, 15) is 8.42 Å². The predicted molar refractivity (Wildman–Crippen MR) is 70.8 cm³/mol. The van der Waals surface area contributed by atoms with E-state index in [1.54, 1.807) is 16.4 Å². The van der Waals surface area contributed by atoms with E-state index in [1.807, 2.05) is 26.0 Å². The number of hydrogen-bond donors (Lipinski definition) is 0. The highest BCUT2D eigenvalue weighted by molar-refractivity contribution is 7.89. The van der Waals surface area contributed by atoms with Crippen LogP contribution in [0.5, 0.6) is 0 Å². The Labute approximate surface area is 108 Å². The van der Waals surface area contributed by atoms with E-state index >= 15 is 0 Å². The van der Waals surface area contributed by atoms with Crippen molar-refractivity contribution in [2.75, 3.05) is 0 Å². The van der Waals surface area contributed by atoms with E-state index in [2.05, 4.69) is 12.2 Å². The molecule has 1 aromatic rings. The summed E-state index contributed by atoms with van der Waals surface area (Å²) in [6, 6.07) is 7.24. The van der Waals surface area contributed by atoms with Crippen molar-refractivity contribution >= 4 is 10.0 Å². The Morgan fingerprint density at radius 3 is 2.44 bits per heavy atom. The highest BCUT2D eigenvalue weighted by Crippen LogP contribution is 2.52. The Hall–Kier alpha value is -1.13. The number of sulfonamides is 1. The minimum atomic E-state index is -3.33. The standard InChI is InChI=1S/C14H17NO2S/c1-11-6-8-12(9-7-11)18(16,17)15-13-5-3-4-10-14(13,15)2/h3-4,6-9,13H,5,10H2,1-2H3/t13-,14+,15?/m0/s1. The first-order valence-corrected chi connectivity index (χ1v) is 7.66. The molecule has 2 aliphatic rings. The lowest BCUT2D eigenvalue weighted by Crippen LogP contribution is -2.20. The van der Waals surface area contributed by atoms with E-state index < -0.39 is 10.0 Å². The lowest BCUT2D eigenvalue weighted by atomic mass is 9.96. The van der Waals surface area contributed by atoms with Crippen LogP contribution >= 0.6 is 0 Å². The molecule has 3 nitrogen and oxygen atoms in total. The first-order valence-electron chi connectivity index (χ1n) is 6.22. The van der Waals surface area contributed by atoms with E-state index in [4.69, 9.17) is 0 Å². The van der Waals surface area contributed by atoms with Crippen molar-refractivity contribution in [2.45, 2.75) is 43.2 Å². The molecule has 3 atom stereocenters. The molecular formula is C14H17NO2S. The van der Waals surface area contributed by atoms with E-state index in [-0.39, 0.29) is 11.6 Å². The van der Waals surface area contributed by atoms with Gasteiger partial charge in [-0.3, -0.25) is 0 Å². The lowest BCUT2D eigenvalue weighted by molar-refractivity contribution is 0.516. The molecule has 1 fully saturated rings. The van der Waals surface area contributed by atoms with Gasteiger partial charge in [0.2, 0.25) is 10.0 Å². The average molecular weight is 263 g/mol. The largest absolute Gasteiger partial charge is 0.243 e. The molecule has 0 spiro atoms. The summed E-state index contributed by atoms with van der Waals surface area (Å²) in [5.41, 5.74) is 0.878. The van der Waals surface area contributed by atoms with Crippen LogP contribution in [-0.2, 0) is 10.0 Å². The Morgan fingerprint density at radius 2 is 1.89 bits per heavy atom. The normalized spacial score (nSPS) is 34.1. The topological polar surface area (TPSA) is 37.1 Å². The van der Waals surface area contributed by atoms with Gasteiger partial charge in [-0.05, 0) is 38.8 Å². The number of rotatable bonds is 2. The highest BCUT2D eigenvalue weighted by atomic mass is 32.2. The summed E-state index contributed by atoms with van der Waals surface area (Å²) < 4.78 is 26.8. The summed E-state index contributed by atoms with van der Waals surface area (Å²) in [5, 5.41) is 0. The minimum Gasteiger partial charge on any atom is -0.207 e. The zero-order valence-electron chi connectivity index (χ0n) is 10.6. The Morgan fingerprint density at radius 1 is 1.22 bits per heavy atom. The van der Waals surface area contributed by atoms with E-state index in [1.165, 1.54) is 0 Å². The van der Waals surface area contributed by atoms with Crippen LogP contribution in [0.1, 0.15) is 25.3 Å². The molecule has 0 N–H and O–H groups in total. The molecule has 1 unspecified atom stereocenters. The van der Waals surface area contributed by atoms with E-state index in [0.717, 1.165) is 18.4 Å². The molecule has 1 heterocycles. The van der Waals surface area contributed by atoms with Crippen molar-refractivity contribution in [1.82, 2.24) is 4.31 Å². The number of hydrogen-bond acceptors (Lipinski definition) is 2. The quantitative estimate of drug-likeness (QED) is 0.607. The fourth-order valence-corrected chi connectivity index (χ4v) is 4.91. The molecule has 1 aliphatic carbocycles.